The first kappa shape index (κ1) is 17.2. The van der Waals surface area contributed by atoms with Gasteiger partial charge in [-0.25, -0.2) is 8.98 Å². The molecule has 8 heteroatoms. The number of rotatable bonds is 3. The molecule has 0 saturated carbocycles. The molecule has 20 heavy (non-hydrogen) atoms. The first-order valence-electron chi connectivity index (χ1n) is 6.50. The molecule has 1 N–H and O–H groups in total. The first-order chi connectivity index (χ1) is 9.02. The van der Waals surface area contributed by atoms with Crippen LogP contribution in [0.3, 0.4) is 0 Å². The second-order valence-corrected chi connectivity index (χ2v) is 7.60. The van der Waals surface area contributed by atoms with Gasteiger partial charge in [0.25, 0.3) is 10.1 Å². The van der Waals surface area contributed by atoms with Crippen molar-refractivity contribution in [1.29, 1.82) is 0 Å². The van der Waals surface area contributed by atoms with Crippen molar-refractivity contribution in [2.24, 2.45) is 5.92 Å². The third-order valence-corrected chi connectivity index (χ3v) is 3.40. The average Bonchev–Trinajstić information content (AvgIpc) is 2.24. The molecule has 1 aliphatic rings. The fraction of sp³-hybridized carbons (Fsp3) is 0.917. The van der Waals surface area contributed by atoms with Gasteiger partial charge < -0.3 is 9.84 Å². The SMILES string of the molecule is CC(C)(C)OC(=O)N1CCC(CO)CC1OS(C)(=O)=O. The number of nitrogens with zero attached hydrogens (tertiary/aromatic N) is 1. The lowest BCUT2D eigenvalue weighted by Gasteiger charge is -2.38. The number of aliphatic hydroxyl groups is 1. The van der Waals surface area contributed by atoms with E-state index in [4.69, 9.17) is 8.92 Å². The van der Waals surface area contributed by atoms with Crippen molar-refractivity contribution in [2.45, 2.75) is 45.4 Å². The third-order valence-electron chi connectivity index (χ3n) is 2.83. The summed E-state index contributed by atoms with van der Waals surface area (Å²) in [6.07, 6.45) is 0.249. The summed E-state index contributed by atoms with van der Waals surface area (Å²) in [5, 5.41) is 9.18. The molecule has 2 unspecified atom stereocenters. The standard InChI is InChI=1S/C12H23NO6S/c1-12(2,3)18-11(15)13-6-5-9(8-14)7-10(13)19-20(4,16)17/h9-10,14H,5-8H2,1-4H3. The fourth-order valence-corrected chi connectivity index (χ4v) is 2.57. The summed E-state index contributed by atoms with van der Waals surface area (Å²) >= 11 is 0. The topological polar surface area (TPSA) is 93.1 Å². The molecule has 7 nitrogen and oxygen atoms in total. The molecule has 0 bridgehead atoms. The second kappa shape index (κ2) is 6.28. The van der Waals surface area contributed by atoms with Crippen LogP contribution in [0.4, 0.5) is 4.79 Å². The molecule has 1 fully saturated rings. The van der Waals surface area contributed by atoms with Crippen LogP contribution in [0.15, 0.2) is 0 Å². The molecule has 1 saturated heterocycles. The summed E-state index contributed by atoms with van der Waals surface area (Å²) in [4.78, 5) is 13.3. The van der Waals surface area contributed by atoms with Gasteiger partial charge in [-0.2, -0.15) is 8.42 Å². The zero-order valence-electron chi connectivity index (χ0n) is 12.3. The Hall–Kier alpha value is -0.860. The van der Waals surface area contributed by atoms with Crippen molar-refractivity contribution in [3.63, 3.8) is 0 Å². The van der Waals surface area contributed by atoms with Gasteiger partial charge in [-0.05, 0) is 39.5 Å². The van der Waals surface area contributed by atoms with E-state index in [1.54, 1.807) is 20.8 Å². The molecular formula is C12H23NO6S. The lowest BCUT2D eigenvalue weighted by molar-refractivity contribution is -0.0474. The van der Waals surface area contributed by atoms with Gasteiger partial charge in [0.2, 0.25) is 0 Å². The van der Waals surface area contributed by atoms with Crippen LogP contribution in [0.5, 0.6) is 0 Å². The van der Waals surface area contributed by atoms with E-state index >= 15 is 0 Å². The van der Waals surface area contributed by atoms with E-state index in [9.17, 15) is 18.3 Å². The number of aliphatic hydroxyl groups excluding tert-OH is 1. The van der Waals surface area contributed by atoms with E-state index in [1.807, 2.05) is 0 Å². The van der Waals surface area contributed by atoms with Gasteiger partial charge in [0, 0.05) is 13.2 Å². The van der Waals surface area contributed by atoms with Gasteiger partial charge in [0.05, 0.1) is 6.26 Å². The van der Waals surface area contributed by atoms with E-state index in [0.717, 1.165) is 6.26 Å². The summed E-state index contributed by atoms with van der Waals surface area (Å²) in [5.41, 5.74) is -0.666. The van der Waals surface area contributed by atoms with Crippen LogP contribution in [0.1, 0.15) is 33.6 Å². The van der Waals surface area contributed by atoms with E-state index in [-0.39, 0.29) is 18.9 Å². The van der Waals surface area contributed by atoms with Crippen LogP contribution in [0, 0.1) is 5.92 Å². The Kier molecular flexibility index (Phi) is 5.39. The predicted molar refractivity (Wildman–Crippen MR) is 72.5 cm³/mol. The Morgan fingerprint density at radius 3 is 2.45 bits per heavy atom. The maximum Gasteiger partial charge on any atom is 0.412 e. The minimum Gasteiger partial charge on any atom is -0.444 e. The highest BCUT2D eigenvalue weighted by atomic mass is 32.2. The number of carbonyl (C=O) groups is 1. The van der Waals surface area contributed by atoms with Crippen LogP contribution < -0.4 is 0 Å². The Balaban J connectivity index is 2.82. The number of hydrogen-bond acceptors (Lipinski definition) is 6. The number of carbonyl (C=O) groups excluding carboxylic acids is 1. The van der Waals surface area contributed by atoms with Crippen molar-refractivity contribution in [2.75, 3.05) is 19.4 Å². The van der Waals surface area contributed by atoms with Gasteiger partial charge in [-0.1, -0.05) is 0 Å². The molecule has 118 valence electrons. The Labute approximate surface area is 120 Å². The smallest absolute Gasteiger partial charge is 0.412 e. The zero-order chi connectivity index (χ0) is 15.6. The highest BCUT2D eigenvalue weighted by molar-refractivity contribution is 7.86. The quantitative estimate of drug-likeness (QED) is 0.780. The maximum absolute atomic E-state index is 12.1. The van der Waals surface area contributed by atoms with Gasteiger partial charge in [-0.15, -0.1) is 0 Å². The van der Waals surface area contributed by atoms with Gasteiger partial charge >= 0.3 is 6.09 Å². The highest BCUT2D eigenvalue weighted by Crippen LogP contribution is 2.26. The lowest BCUT2D eigenvalue weighted by atomic mass is 9.97. The number of ether oxygens (including phenoxy) is 1. The molecule has 1 rings (SSSR count). The van der Waals surface area contributed by atoms with Crippen molar-refractivity contribution in [3.8, 4) is 0 Å². The maximum atomic E-state index is 12.1. The monoisotopic (exact) mass is 309 g/mol. The highest BCUT2D eigenvalue weighted by Gasteiger charge is 2.36. The van der Waals surface area contributed by atoms with Crippen LogP contribution in [0.2, 0.25) is 0 Å². The third kappa shape index (κ3) is 5.64. The van der Waals surface area contributed by atoms with Crippen LogP contribution in [-0.4, -0.2) is 55.8 Å². The molecule has 0 aromatic rings. The number of piperidine rings is 1. The number of hydrogen-bond donors (Lipinski definition) is 1. The van der Waals surface area contributed by atoms with Gasteiger partial charge in [0.1, 0.15) is 5.60 Å². The number of likely N-dealkylation sites (tertiary alicyclic amines) is 1. The van der Waals surface area contributed by atoms with Gasteiger partial charge in [0.15, 0.2) is 6.23 Å². The molecular weight excluding hydrogens is 286 g/mol. The van der Waals surface area contributed by atoms with Crippen molar-refractivity contribution in [1.82, 2.24) is 4.90 Å². The normalized spacial score (nSPS) is 24.6. The lowest BCUT2D eigenvalue weighted by Crippen LogP contribution is -2.50. The minimum absolute atomic E-state index is 0.0637. The molecule has 0 aliphatic carbocycles. The summed E-state index contributed by atoms with van der Waals surface area (Å²) in [6, 6.07) is 0. The molecule has 1 amide bonds. The van der Waals surface area contributed by atoms with E-state index < -0.39 is 28.0 Å². The van der Waals surface area contributed by atoms with Crippen molar-refractivity contribution in [3.05, 3.63) is 0 Å². The largest absolute Gasteiger partial charge is 0.444 e. The average molecular weight is 309 g/mol. The first-order valence-corrected chi connectivity index (χ1v) is 8.32. The molecule has 0 radical (unpaired) electrons. The Morgan fingerprint density at radius 1 is 1.40 bits per heavy atom. The van der Waals surface area contributed by atoms with Crippen LogP contribution in [-0.2, 0) is 19.0 Å². The van der Waals surface area contributed by atoms with E-state index in [0.29, 0.717) is 13.0 Å². The van der Waals surface area contributed by atoms with Crippen molar-refractivity contribution < 1.29 is 27.2 Å². The molecule has 2 atom stereocenters. The molecule has 1 heterocycles. The fourth-order valence-electron chi connectivity index (χ4n) is 1.98. The summed E-state index contributed by atoms with van der Waals surface area (Å²) in [6.45, 7) is 5.43. The zero-order valence-corrected chi connectivity index (χ0v) is 13.1. The van der Waals surface area contributed by atoms with Gasteiger partial charge in [-0.3, -0.25) is 4.90 Å². The second-order valence-electron chi connectivity index (χ2n) is 6.00. The summed E-state index contributed by atoms with van der Waals surface area (Å²) < 4.78 is 32.8. The predicted octanol–water partition coefficient (Wildman–Crippen LogP) is 0.928. The van der Waals surface area contributed by atoms with Crippen LogP contribution in [0.25, 0.3) is 0 Å². The van der Waals surface area contributed by atoms with Crippen molar-refractivity contribution >= 4 is 16.2 Å². The Bertz CT molecular complexity index is 441. The molecule has 0 aromatic carbocycles. The van der Waals surface area contributed by atoms with E-state index in [1.165, 1.54) is 4.90 Å². The molecule has 0 spiro atoms. The van der Waals surface area contributed by atoms with E-state index in [2.05, 4.69) is 0 Å². The summed E-state index contributed by atoms with van der Waals surface area (Å²) in [7, 11) is -3.70. The summed E-state index contributed by atoms with van der Waals surface area (Å²) in [5.74, 6) is -0.0829. The molecule has 1 aliphatic heterocycles. The Morgan fingerprint density at radius 2 is 2.00 bits per heavy atom. The van der Waals surface area contributed by atoms with Crippen LogP contribution >= 0.6 is 0 Å². The minimum atomic E-state index is -3.70. The molecule has 0 aromatic heterocycles. The number of amides is 1.